The largest absolute Gasteiger partial charge is 0.481 e. The van der Waals surface area contributed by atoms with Gasteiger partial charge in [-0.2, -0.15) is 0 Å². The van der Waals surface area contributed by atoms with Crippen LogP contribution in [-0.4, -0.2) is 48.2 Å². The number of carbonyl (C=O) groups excluding carboxylic acids is 1. The fourth-order valence-corrected chi connectivity index (χ4v) is 2.15. The molecule has 0 aliphatic rings. The fraction of sp³-hybridized carbons (Fsp3) is 0.529. The number of aliphatic carboxylic acids is 1. The number of aryl methyl sites for hydroxylation is 1. The molecule has 1 amide bonds. The third-order valence-corrected chi connectivity index (χ3v) is 3.53. The summed E-state index contributed by atoms with van der Waals surface area (Å²) in [6.45, 7) is 6.63. The van der Waals surface area contributed by atoms with E-state index >= 15 is 0 Å². The Bertz CT molecular complexity index is 547. The minimum Gasteiger partial charge on any atom is -0.481 e. The van der Waals surface area contributed by atoms with Crippen molar-refractivity contribution in [2.45, 2.75) is 27.2 Å². The van der Waals surface area contributed by atoms with Gasteiger partial charge in [0.25, 0.3) is 5.91 Å². The predicted molar refractivity (Wildman–Crippen MR) is 85.0 cm³/mol. The number of benzene rings is 1. The topological polar surface area (TPSA) is 66.8 Å². The van der Waals surface area contributed by atoms with E-state index in [1.54, 1.807) is 13.8 Å². The van der Waals surface area contributed by atoms with Gasteiger partial charge in [0.05, 0.1) is 5.92 Å². The first-order valence-electron chi connectivity index (χ1n) is 7.72. The Kier molecular flexibility index (Phi) is 7.68. The highest BCUT2D eigenvalue weighted by molar-refractivity contribution is 5.94. The maximum absolute atomic E-state index is 13.3. The fourth-order valence-electron chi connectivity index (χ4n) is 2.15. The van der Waals surface area contributed by atoms with Crippen molar-refractivity contribution in [3.63, 3.8) is 0 Å². The minimum atomic E-state index is -0.956. The van der Waals surface area contributed by atoms with Gasteiger partial charge in [0, 0.05) is 31.9 Å². The Hall–Kier alpha value is -1.95. The molecular formula is C17H24FNO4. The average Bonchev–Trinajstić information content (AvgIpc) is 2.52. The Morgan fingerprint density at radius 2 is 2.09 bits per heavy atom. The summed E-state index contributed by atoms with van der Waals surface area (Å²) in [5.74, 6) is -2.29. The van der Waals surface area contributed by atoms with Crippen molar-refractivity contribution >= 4 is 11.9 Å². The first-order chi connectivity index (χ1) is 10.9. The zero-order valence-corrected chi connectivity index (χ0v) is 13.8. The highest BCUT2D eigenvalue weighted by atomic mass is 19.1. The molecule has 6 heteroatoms. The highest BCUT2D eigenvalue weighted by Gasteiger charge is 2.21. The molecule has 5 nitrogen and oxygen atoms in total. The van der Waals surface area contributed by atoms with Crippen LogP contribution >= 0.6 is 0 Å². The second-order valence-electron chi connectivity index (χ2n) is 5.50. The smallest absolute Gasteiger partial charge is 0.308 e. The lowest BCUT2D eigenvalue weighted by atomic mass is 10.1. The summed E-state index contributed by atoms with van der Waals surface area (Å²) in [7, 11) is 0. The molecule has 0 saturated heterocycles. The van der Waals surface area contributed by atoms with Gasteiger partial charge in [0.1, 0.15) is 5.82 Å². The molecule has 23 heavy (non-hydrogen) atoms. The number of carboxylic acids is 1. The van der Waals surface area contributed by atoms with E-state index in [2.05, 4.69) is 0 Å². The molecule has 1 atom stereocenters. The molecule has 0 aliphatic heterocycles. The zero-order valence-electron chi connectivity index (χ0n) is 13.8. The molecule has 0 spiro atoms. The quantitative estimate of drug-likeness (QED) is 0.709. The van der Waals surface area contributed by atoms with Gasteiger partial charge < -0.3 is 14.7 Å². The van der Waals surface area contributed by atoms with Gasteiger partial charge in [-0.05, 0) is 44.0 Å². The van der Waals surface area contributed by atoms with E-state index in [1.807, 2.05) is 6.92 Å². The zero-order chi connectivity index (χ0) is 17.4. The number of hydrogen-bond acceptors (Lipinski definition) is 3. The maximum atomic E-state index is 13.3. The summed E-state index contributed by atoms with van der Waals surface area (Å²) in [5, 5.41) is 9.06. The number of carbonyl (C=O) groups is 2. The van der Waals surface area contributed by atoms with Crippen LogP contribution in [0.1, 0.15) is 36.2 Å². The van der Waals surface area contributed by atoms with E-state index in [9.17, 15) is 14.0 Å². The lowest BCUT2D eigenvalue weighted by Crippen LogP contribution is -2.38. The van der Waals surface area contributed by atoms with Crippen LogP contribution < -0.4 is 0 Å². The Labute approximate surface area is 136 Å². The Balaban J connectivity index is 2.85. The molecule has 1 aromatic rings. The summed E-state index contributed by atoms with van der Waals surface area (Å²) >= 11 is 0. The molecule has 0 bridgehead atoms. The summed E-state index contributed by atoms with van der Waals surface area (Å²) in [5.41, 5.74) is 0.745. The lowest BCUT2D eigenvalue weighted by molar-refractivity contribution is -0.141. The van der Waals surface area contributed by atoms with Crippen LogP contribution in [0, 0.1) is 18.7 Å². The van der Waals surface area contributed by atoms with Crippen LogP contribution in [-0.2, 0) is 9.53 Å². The number of carboxylic acid groups (broad SMARTS) is 1. The third kappa shape index (κ3) is 5.98. The van der Waals surface area contributed by atoms with Crippen molar-refractivity contribution in [2.75, 3.05) is 26.3 Å². The molecule has 1 rings (SSSR count). The van der Waals surface area contributed by atoms with Gasteiger partial charge in [-0.1, -0.05) is 6.92 Å². The first-order valence-corrected chi connectivity index (χ1v) is 7.72. The van der Waals surface area contributed by atoms with Crippen molar-refractivity contribution in [1.82, 2.24) is 4.90 Å². The van der Waals surface area contributed by atoms with Gasteiger partial charge in [-0.3, -0.25) is 9.59 Å². The number of ether oxygens (including phenoxy) is 1. The Morgan fingerprint density at radius 3 is 2.65 bits per heavy atom. The van der Waals surface area contributed by atoms with Crippen molar-refractivity contribution in [3.8, 4) is 0 Å². The van der Waals surface area contributed by atoms with Crippen LogP contribution in [0.5, 0.6) is 0 Å². The molecule has 0 aliphatic carbocycles. The second-order valence-corrected chi connectivity index (χ2v) is 5.50. The third-order valence-electron chi connectivity index (χ3n) is 3.53. The van der Waals surface area contributed by atoms with E-state index in [1.165, 1.54) is 23.1 Å². The average molecular weight is 325 g/mol. The van der Waals surface area contributed by atoms with Crippen LogP contribution in [0.2, 0.25) is 0 Å². The van der Waals surface area contributed by atoms with Gasteiger partial charge in [0.2, 0.25) is 0 Å². The number of nitrogens with zero attached hydrogens (tertiary/aromatic N) is 1. The minimum absolute atomic E-state index is 0.108. The number of hydrogen-bond donors (Lipinski definition) is 1. The summed E-state index contributed by atoms with van der Waals surface area (Å²) in [6.07, 6.45) is 0.617. The van der Waals surface area contributed by atoms with E-state index in [0.717, 1.165) is 0 Å². The molecule has 128 valence electrons. The molecule has 1 N–H and O–H groups in total. The molecule has 1 unspecified atom stereocenters. The van der Waals surface area contributed by atoms with E-state index in [0.29, 0.717) is 37.3 Å². The molecule has 0 aromatic heterocycles. The molecule has 0 heterocycles. The van der Waals surface area contributed by atoms with Crippen molar-refractivity contribution in [1.29, 1.82) is 0 Å². The van der Waals surface area contributed by atoms with Crippen LogP contribution in [0.25, 0.3) is 0 Å². The summed E-state index contributed by atoms with van der Waals surface area (Å²) < 4.78 is 18.6. The maximum Gasteiger partial charge on any atom is 0.308 e. The molecular weight excluding hydrogens is 301 g/mol. The number of halogens is 1. The van der Waals surface area contributed by atoms with Crippen molar-refractivity contribution in [2.24, 2.45) is 5.92 Å². The second kappa shape index (κ2) is 9.25. The van der Waals surface area contributed by atoms with E-state index in [4.69, 9.17) is 9.84 Å². The summed E-state index contributed by atoms with van der Waals surface area (Å²) in [6, 6.07) is 4.16. The molecule has 0 radical (unpaired) electrons. The monoisotopic (exact) mass is 325 g/mol. The molecule has 1 aromatic carbocycles. The summed E-state index contributed by atoms with van der Waals surface area (Å²) in [4.78, 5) is 25.1. The van der Waals surface area contributed by atoms with Crippen LogP contribution in [0.3, 0.4) is 0 Å². The van der Waals surface area contributed by atoms with Gasteiger partial charge >= 0.3 is 5.97 Å². The van der Waals surface area contributed by atoms with Gasteiger partial charge in [0.15, 0.2) is 0 Å². The Morgan fingerprint density at radius 1 is 1.39 bits per heavy atom. The standard InChI is InChI=1S/C17H24FNO4/c1-4-23-9-5-8-19(11-13(3)17(21)22)16(20)14-6-7-15(18)12(2)10-14/h6-7,10,13H,4-5,8-9,11H2,1-3H3,(H,21,22). The molecule has 0 fully saturated rings. The number of rotatable bonds is 9. The number of amides is 1. The van der Waals surface area contributed by atoms with Crippen LogP contribution in [0.4, 0.5) is 4.39 Å². The predicted octanol–water partition coefficient (Wildman–Crippen LogP) is 2.72. The first kappa shape index (κ1) is 19.1. The SMILES string of the molecule is CCOCCCN(CC(C)C(=O)O)C(=O)c1ccc(F)c(C)c1. The van der Waals surface area contributed by atoms with Gasteiger partial charge in [-0.15, -0.1) is 0 Å². The highest BCUT2D eigenvalue weighted by Crippen LogP contribution is 2.13. The van der Waals surface area contributed by atoms with Crippen molar-refractivity contribution < 1.29 is 23.8 Å². The van der Waals surface area contributed by atoms with Crippen LogP contribution in [0.15, 0.2) is 18.2 Å². The van der Waals surface area contributed by atoms with E-state index < -0.39 is 11.9 Å². The van der Waals surface area contributed by atoms with E-state index in [-0.39, 0.29) is 18.3 Å². The lowest BCUT2D eigenvalue weighted by Gasteiger charge is -2.25. The molecule has 0 saturated carbocycles. The van der Waals surface area contributed by atoms with Gasteiger partial charge in [-0.25, -0.2) is 4.39 Å². The van der Waals surface area contributed by atoms with Crippen molar-refractivity contribution in [3.05, 3.63) is 35.1 Å². The normalized spacial score (nSPS) is 12.0.